The standard InChI is InChI=1S/C20H22N2O4S3/c1-5-26-19(23)13-7-6-8-15(9-13)22-29(24,25)17-10-14(11-27-17)18-21-16(12-28-18)20(2,3)4/h6-12,22H,5H2,1-4H3. The van der Waals surface area contributed by atoms with Gasteiger partial charge in [0, 0.05) is 27.4 Å². The molecular formula is C20H22N2O4S3. The Hall–Kier alpha value is -2.23. The number of benzene rings is 1. The zero-order chi connectivity index (χ0) is 21.2. The Balaban J connectivity index is 1.82. The molecule has 0 aliphatic heterocycles. The molecule has 6 nitrogen and oxygen atoms in total. The van der Waals surface area contributed by atoms with Crippen LogP contribution in [0.1, 0.15) is 43.7 Å². The molecule has 1 aromatic carbocycles. The SMILES string of the molecule is CCOC(=O)c1cccc(NS(=O)(=O)c2cc(-c3nc(C(C)(C)C)cs3)cs2)c1. The van der Waals surface area contributed by atoms with Crippen LogP contribution in [0.2, 0.25) is 0 Å². The fourth-order valence-electron chi connectivity index (χ4n) is 2.45. The van der Waals surface area contributed by atoms with Crippen molar-refractivity contribution in [3.05, 3.63) is 52.3 Å². The van der Waals surface area contributed by atoms with Gasteiger partial charge in [0.15, 0.2) is 0 Å². The van der Waals surface area contributed by atoms with Crippen LogP contribution in [-0.4, -0.2) is 26.0 Å². The summed E-state index contributed by atoms with van der Waals surface area (Å²) in [4.78, 5) is 16.5. The molecule has 0 atom stereocenters. The number of nitrogens with zero attached hydrogens (tertiary/aromatic N) is 1. The van der Waals surface area contributed by atoms with Crippen LogP contribution in [0.5, 0.6) is 0 Å². The van der Waals surface area contributed by atoms with E-state index >= 15 is 0 Å². The van der Waals surface area contributed by atoms with Gasteiger partial charge in [0.1, 0.15) is 9.22 Å². The second-order valence-corrected chi connectivity index (χ2v) is 11.0. The second-order valence-electron chi connectivity index (χ2n) is 7.35. The third-order valence-corrected chi connectivity index (χ3v) is 7.70. The van der Waals surface area contributed by atoms with Crippen molar-refractivity contribution >= 4 is 44.4 Å². The number of hydrogen-bond donors (Lipinski definition) is 1. The summed E-state index contributed by atoms with van der Waals surface area (Å²) in [6.07, 6.45) is 0. The summed E-state index contributed by atoms with van der Waals surface area (Å²) in [5, 5.41) is 4.58. The largest absolute Gasteiger partial charge is 0.462 e. The minimum absolute atomic E-state index is 0.0643. The fourth-order valence-corrected chi connectivity index (χ4v) is 5.77. The van der Waals surface area contributed by atoms with Gasteiger partial charge in [-0.2, -0.15) is 0 Å². The van der Waals surface area contributed by atoms with Gasteiger partial charge in [-0.1, -0.05) is 26.8 Å². The van der Waals surface area contributed by atoms with Crippen molar-refractivity contribution in [3.63, 3.8) is 0 Å². The van der Waals surface area contributed by atoms with E-state index < -0.39 is 16.0 Å². The number of aromatic nitrogens is 1. The number of anilines is 1. The summed E-state index contributed by atoms with van der Waals surface area (Å²) >= 11 is 2.63. The van der Waals surface area contributed by atoms with Crippen molar-refractivity contribution in [2.45, 2.75) is 37.3 Å². The molecular weight excluding hydrogens is 428 g/mol. The molecule has 2 heterocycles. The van der Waals surface area contributed by atoms with Gasteiger partial charge in [-0.05, 0) is 31.2 Å². The molecule has 0 fully saturated rings. The summed E-state index contributed by atoms with van der Waals surface area (Å²) in [5.41, 5.74) is 2.27. The monoisotopic (exact) mass is 450 g/mol. The molecule has 0 saturated carbocycles. The number of ether oxygens (including phenoxy) is 1. The second kappa shape index (κ2) is 8.25. The van der Waals surface area contributed by atoms with Crippen LogP contribution in [0.25, 0.3) is 10.6 Å². The molecule has 0 spiro atoms. The van der Waals surface area contributed by atoms with Gasteiger partial charge in [-0.3, -0.25) is 4.72 Å². The minimum atomic E-state index is -3.78. The highest BCUT2D eigenvalue weighted by molar-refractivity contribution is 7.94. The maximum Gasteiger partial charge on any atom is 0.338 e. The number of hydrogen-bond acceptors (Lipinski definition) is 7. The Bertz CT molecular complexity index is 1120. The van der Waals surface area contributed by atoms with Crippen molar-refractivity contribution < 1.29 is 17.9 Å². The fraction of sp³-hybridized carbons (Fsp3) is 0.300. The van der Waals surface area contributed by atoms with Crippen molar-refractivity contribution in [1.82, 2.24) is 4.98 Å². The number of rotatable bonds is 6. The maximum absolute atomic E-state index is 12.8. The van der Waals surface area contributed by atoms with Crippen molar-refractivity contribution in [2.75, 3.05) is 11.3 Å². The van der Waals surface area contributed by atoms with Crippen LogP contribution < -0.4 is 4.72 Å². The Morgan fingerprint density at radius 2 is 1.93 bits per heavy atom. The van der Waals surface area contributed by atoms with Crippen LogP contribution in [0.15, 0.2) is 45.3 Å². The van der Waals surface area contributed by atoms with E-state index in [4.69, 9.17) is 4.74 Å². The number of thiophene rings is 1. The summed E-state index contributed by atoms with van der Waals surface area (Å²) in [5.74, 6) is -0.495. The van der Waals surface area contributed by atoms with Crippen LogP contribution in [0.4, 0.5) is 5.69 Å². The van der Waals surface area contributed by atoms with E-state index in [1.807, 2.05) is 5.38 Å². The molecule has 0 amide bonds. The number of thiazole rings is 1. The van der Waals surface area contributed by atoms with Gasteiger partial charge in [0.25, 0.3) is 10.0 Å². The number of sulfonamides is 1. The quantitative estimate of drug-likeness (QED) is 0.525. The summed E-state index contributed by atoms with van der Waals surface area (Å²) in [7, 11) is -3.78. The first kappa shape index (κ1) is 21.5. The van der Waals surface area contributed by atoms with Gasteiger partial charge in [-0.25, -0.2) is 18.2 Å². The van der Waals surface area contributed by atoms with Crippen LogP contribution in [-0.2, 0) is 20.2 Å². The van der Waals surface area contributed by atoms with E-state index in [1.165, 1.54) is 17.4 Å². The highest BCUT2D eigenvalue weighted by Gasteiger charge is 2.21. The Labute approximate surface area is 178 Å². The highest BCUT2D eigenvalue weighted by atomic mass is 32.2. The molecule has 3 aromatic rings. The van der Waals surface area contributed by atoms with Gasteiger partial charge in [-0.15, -0.1) is 22.7 Å². The molecule has 0 radical (unpaired) electrons. The molecule has 0 aliphatic carbocycles. The number of nitrogens with one attached hydrogen (secondary N) is 1. The average molecular weight is 451 g/mol. The Morgan fingerprint density at radius 1 is 1.17 bits per heavy atom. The first-order valence-electron chi connectivity index (χ1n) is 8.95. The highest BCUT2D eigenvalue weighted by Crippen LogP contribution is 2.34. The minimum Gasteiger partial charge on any atom is -0.462 e. The lowest BCUT2D eigenvalue weighted by Gasteiger charge is -2.14. The summed E-state index contributed by atoms with van der Waals surface area (Å²) in [6.45, 7) is 8.23. The lowest BCUT2D eigenvalue weighted by molar-refractivity contribution is 0.0526. The average Bonchev–Trinajstić information content (AvgIpc) is 3.31. The molecule has 9 heteroatoms. The first-order chi connectivity index (χ1) is 13.6. The van der Waals surface area contributed by atoms with Crippen molar-refractivity contribution in [3.8, 4) is 10.6 Å². The number of carbonyl (C=O) groups is 1. The predicted octanol–water partition coefficient (Wildman–Crippen LogP) is 5.15. The molecule has 0 aliphatic rings. The molecule has 2 aromatic heterocycles. The molecule has 0 unspecified atom stereocenters. The van der Waals surface area contributed by atoms with Crippen molar-refractivity contribution in [2.24, 2.45) is 0 Å². The van der Waals surface area contributed by atoms with E-state index in [0.717, 1.165) is 27.6 Å². The predicted molar refractivity (Wildman–Crippen MR) is 117 cm³/mol. The Kier molecular flexibility index (Phi) is 6.11. The zero-order valence-corrected chi connectivity index (χ0v) is 19.0. The number of esters is 1. The summed E-state index contributed by atoms with van der Waals surface area (Å²) in [6, 6.07) is 7.85. The first-order valence-corrected chi connectivity index (χ1v) is 12.2. The maximum atomic E-state index is 12.8. The van der Waals surface area contributed by atoms with E-state index in [-0.39, 0.29) is 21.8 Å². The normalized spacial score (nSPS) is 12.0. The zero-order valence-electron chi connectivity index (χ0n) is 16.6. The molecule has 0 saturated heterocycles. The topological polar surface area (TPSA) is 85.4 Å². The van der Waals surface area contributed by atoms with Gasteiger partial charge >= 0.3 is 5.97 Å². The third-order valence-electron chi connectivity index (χ3n) is 3.99. The molecule has 1 N–H and O–H groups in total. The smallest absolute Gasteiger partial charge is 0.338 e. The van der Waals surface area contributed by atoms with Crippen molar-refractivity contribution in [1.29, 1.82) is 0 Å². The molecule has 0 bridgehead atoms. The van der Waals surface area contributed by atoms with Gasteiger partial charge < -0.3 is 4.74 Å². The van der Waals surface area contributed by atoms with E-state index in [9.17, 15) is 13.2 Å². The molecule has 154 valence electrons. The van der Waals surface area contributed by atoms with Gasteiger partial charge in [0.05, 0.1) is 17.9 Å². The van der Waals surface area contributed by atoms with Crippen LogP contribution in [0, 0.1) is 0 Å². The lowest BCUT2D eigenvalue weighted by Crippen LogP contribution is -2.12. The third kappa shape index (κ3) is 5.04. The lowest BCUT2D eigenvalue weighted by atomic mass is 9.93. The Morgan fingerprint density at radius 3 is 2.59 bits per heavy atom. The molecule has 29 heavy (non-hydrogen) atoms. The number of carbonyl (C=O) groups excluding carboxylic acids is 1. The van der Waals surface area contributed by atoms with Crippen LogP contribution in [0.3, 0.4) is 0 Å². The molecule has 3 rings (SSSR count). The van der Waals surface area contributed by atoms with Crippen LogP contribution >= 0.6 is 22.7 Å². The van der Waals surface area contributed by atoms with Gasteiger partial charge in [0.2, 0.25) is 0 Å². The van der Waals surface area contributed by atoms with E-state index in [2.05, 4.69) is 30.5 Å². The van der Waals surface area contributed by atoms with E-state index in [0.29, 0.717) is 5.69 Å². The summed E-state index contributed by atoms with van der Waals surface area (Å²) < 4.78 is 33.2. The van der Waals surface area contributed by atoms with E-state index in [1.54, 1.807) is 36.6 Å².